The molecule has 19 heavy (non-hydrogen) atoms. The maximum Gasteiger partial charge on any atom is 0.309 e. The molecular weight excluding hydrogens is 244 g/mol. The van der Waals surface area contributed by atoms with Crippen LogP contribution in [0.1, 0.15) is 37.7 Å². The quantitative estimate of drug-likeness (QED) is 0.909. The lowest BCUT2D eigenvalue weighted by atomic mass is 9.70. The number of benzene rings is 1. The van der Waals surface area contributed by atoms with E-state index in [1.165, 1.54) is 0 Å². The van der Waals surface area contributed by atoms with Crippen LogP contribution in [0, 0.1) is 5.41 Å². The fraction of sp³-hybridized carbons (Fsp3) is 0.533. The lowest BCUT2D eigenvalue weighted by Crippen LogP contribution is -2.35. The summed E-state index contributed by atoms with van der Waals surface area (Å²) in [5.74, 6) is 0.815. The molecular formula is C15H18O4. The first-order chi connectivity index (χ1) is 9.20. The summed E-state index contributed by atoms with van der Waals surface area (Å²) in [7, 11) is 0. The van der Waals surface area contributed by atoms with E-state index in [0.717, 1.165) is 49.2 Å². The summed E-state index contributed by atoms with van der Waals surface area (Å²) in [6.45, 7) is 0.253. The first-order valence-electron chi connectivity index (χ1n) is 6.82. The van der Waals surface area contributed by atoms with Gasteiger partial charge in [-0.05, 0) is 37.0 Å². The number of carbonyl (C=O) groups is 1. The number of carboxylic acid groups (broad SMARTS) is 1. The molecule has 1 aromatic rings. The van der Waals surface area contributed by atoms with Gasteiger partial charge >= 0.3 is 5.97 Å². The second-order valence-corrected chi connectivity index (χ2v) is 5.51. The van der Waals surface area contributed by atoms with Crippen LogP contribution in [0.4, 0.5) is 0 Å². The average Bonchev–Trinajstić information content (AvgIpc) is 2.87. The molecule has 1 aliphatic heterocycles. The van der Waals surface area contributed by atoms with Gasteiger partial charge in [-0.1, -0.05) is 25.3 Å². The van der Waals surface area contributed by atoms with Crippen molar-refractivity contribution in [2.75, 3.05) is 6.79 Å². The number of carboxylic acids is 1. The number of hydrogen-bond donors (Lipinski definition) is 1. The summed E-state index contributed by atoms with van der Waals surface area (Å²) in [4.78, 5) is 11.7. The van der Waals surface area contributed by atoms with Crippen LogP contribution in [-0.4, -0.2) is 17.9 Å². The molecule has 0 bridgehead atoms. The Morgan fingerprint density at radius 2 is 1.89 bits per heavy atom. The molecule has 3 rings (SSSR count). The third-order valence-electron chi connectivity index (χ3n) is 4.24. The van der Waals surface area contributed by atoms with Crippen molar-refractivity contribution >= 4 is 5.97 Å². The van der Waals surface area contributed by atoms with Gasteiger partial charge in [-0.3, -0.25) is 4.79 Å². The smallest absolute Gasteiger partial charge is 0.309 e. The lowest BCUT2D eigenvalue weighted by molar-refractivity contribution is -0.151. The van der Waals surface area contributed by atoms with Crippen molar-refractivity contribution in [3.63, 3.8) is 0 Å². The van der Waals surface area contributed by atoms with Gasteiger partial charge in [0.2, 0.25) is 6.79 Å². The second kappa shape index (κ2) is 4.76. The first kappa shape index (κ1) is 12.3. The Kier molecular flexibility index (Phi) is 3.09. The Morgan fingerprint density at radius 3 is 2.63 bits per heavy atom. The van der Waals surface area contributed by atoms with Gasteiger partial charge in [0.15, 0.2) is 11.5 Å². The van der Waals surface area contributed by atoms with Crippen molar-refractivity contribution in [1.29, 1.82) is 0 Å². The normalized spacial score (nSPS) is 20.2. The van der Waals surface area contributed by atoms with Crippen LogP contribution in [0.5, 0.6) is 11.5 Å². The van der Waals surface area contributed by atoms with E-state index >= 15 is 0 Å². The highest BCUT2D eigenvalue weighted by Gasteiger charge is 2.39. The number of aliphatic carboxylic acids is 1. The highest BCUT2D eigenvalue weighted by Crippen LogP contribution is 2.41. The fourth-order valence-corrected chi connectivity index (χ4v) is 3.14. The third-order valence-corrected chi connectivity index (χ3v) is 4.24. The van der Waals surface area contributed by atoms with Crippen LogP contribution < -0.4 is 9.47 Å². The molecule has 1 N–H and O–H groups in total. The molecule has 4 nitrogen and oxygen atoms in total. The van der Waals surface area contributed by atoms with Gasteiger partial charge in [-0.2, -0.15) is 0 Å². The largest absolute Gasteiger partial charge is 0.481 e. The summed E-state index contributed by atoms with van der Waals surface area (Å²) < 4.78 is 10.6. The molecule has 0 unspecified atom stereocenters. The highest BCUT2D eigenvalue weighted by molar-refractivity contribution is 5.75. The minimum Gasteiger partial charge on any atom is -0.481 e. The molecule has 0 saturated heterocycles. The van der Waals surface area contributed by atoms with E-state index in [-0.39, 0.29) is 6.79 Å². The lowest BCUT2D eigenvalue weighted by Gasteiger charge is -2.33. The molecule has 1 saturated carbocycles. The van der Waals surface area contributed by atoms with Crippen LogP contribution in [-0.2, 0) is 11.2 Å². The van der Waals surface area contributed by atoms with Crippen LogP contribution in [0.3, 0.4) is 0 Å². The molecule has 4 heteroatoms. The van der Waals surface area contributed by atoms with Crippen LogP contribution in [0.2, 0.25) is 0 Å². The Hall–Kier alpha value is -1.71. The van der Waals surface area contributed by atoms with E-state index in [1.807, 2.05) is 18.2 Å². The minimum absolute atomic E-state index is 0.253. The molecule has 2 aliphatic rings. The van der Waals surface area contributed by atoms with Gasteiger partial charge in [0.05, 0.1) is 5.41 Å². The molecule has 1 heterocycles. The highest BCUT2D eigenvalue weighted by atomic mass is 16.7. The molecule has 0 atom stereocenters. The predicted molar refractivity (Wildman–Crippen MR) is 69.4 cm³/mol. The van der Waals surface area contributed by atoms with Gasteiger partial charge in [0.1, 0.15) is 0 Å². The van der Waals surface area contributed by atoms with Crippen molar-refractivity contribution < 1.29 is 19.4 Å². The van der Waals surface area contributed by atoms with Crippen molar-refractivity contribution in [3.05, 3.63) is 23.8 Å². The molecule has 0 radical (unpaired) electrons. The van der Waals surface area contributed by atoms with E-state index < -0.39 is 11.4 Å². The van der Waals surface area contributed by atoms with Gasteiger partial charge in [-0.25, -0.2) is 0 Å². The monoisotopic (exact) mass is 262 g/mol. The minimum atomic E-state index is -0.662. The maximum atomic E-state index is 11.7. The molecule has 0 spiro atoms. The number of rotatable bonds is 3. The Balaban J connectivity index is 1.84. The Bertz CT molecular complexity index is 489. The van der Waals surface area contributed by atoms with Crippen molar-refractivity contribution in [1.82, 2.24) is 0 Å². The molecule has 0 aromatic heterocycles. The maximum absolute atomic E-state index is 11.7. The summed E-state index contributed by atoms with van der Waals surface area (Å²) in [5, 5.41) is 9.59. The third kappa shape index (κ3) is 2.27. The zero-order valence-electron chi connectivity index (χ0n) is 10.9. The number of fused-ring (bicyclic) bond motifs is 1. The predicted octanol–water partition coefficient (Wildman–Crippen LogP) is 2.99. The van der Waals surface area contributed by atoms with Gasteiger partial charge in [0, 0.05) is 0 Å². The SMILES string of the molecule is O=C(O)C1(Cc2ccc3c(c2)OCO3)CCCCC1. The van der Waals surface area contributed by atoms with Gasteiger partial charge < -0.3 is 14.6 Å². The topological polar surface area (TPSA) is 55.8 Å². The summed E-state index contributed by atoms with van der Waals surface area (Å²) in [5.41, 5.74) is 0.430. The summed E-state index contributed by atoms with van der Waals surface area (Å²) >= 11 is 0. The molecule has 1 aliphatic carbocycles. The van der Waals surface area contributed by atoms with E-state index in [4.69, 9.17) is 9.47 Å². The average molecular weight is 262 g/mol. The molecule has 102 valence electrons. The van der Waals surface area contributed by atoms with Crippen LogP contribution >= 0.6 is 0 Å². The first-order valence-corrected chi connectivity index (χ1v) is 6.82. The molecule has 1 fully saturated rings. The zero-order valence-corrected chi connectivity index (χ0v) is 10.9. The van der Waals surface area contributed by atoms with Gasteiger partial charge in [-0.15, -0.1) is 0 Å². The van der Waals surface area contributed by atoms with Crippen molar-refractivity contribution in [3.8, 4) is 11.5 Å². The van der Waals surface area contributed by atoms with E-state index in [2.05, 4.69) is 0 Å². The second-order valence-electron chi connectivity index (χ2n) is 5.51. The Labute approximate surface area is 112 Å². The summed E-state index contributed by atoms with van der Waals surface area (Å²) in [6, 6.07) is 5.74. The Morgan fingerprint density at radius 1 is 1.16 bits per heavy atom. The van der Waals surface area contributed by atoms with Crippen LogP contribution in [0.15, 0.2) is 18.2 Å². The fourth-order valence-electron chi connectivity index (χ4n) is 3.14. The zero-order chi connectivity index (χ0) is 13.3. The van der Waals surface area contributed by atoms with E-state index in [1.54, 1.807) is 0 Å². The number of hydrogen-bond acceptors (Lipinski definition) is 3. The van der Waals surface area contributed by atoms with E-state index in [0.29, 0.717) is 6.42 Å². The van der Waals surface area contributed by atoms with Crippen LogP contribution in [0.25, 0.3) is 0 Å². The van der Waals surface area contributed by atoms with E-state index in [9.17, 15) is 9.90 Å². The standard InChI is InChI=1S/C15H18O4/c16-14(17)15(6-2-1-3-7-15)9-11-4-5-12-13(8-11)19-10-18-12/h4-5,8H,1-3,6-7,9-10H2,(H,16,17). The van der Waals surface area contributed by atoms with Gasteiger partial charge in [0.25, 0.3) is 0 Å². The molecule has 1 aromatic carbocycles. The number of ether oxygens (including phenoxy) is 2. The van der Waals surface area contributed by atoms with Crippen molar-refractivity contribution in [2.24, 2.45) is 5.41 Å². The molecule has 0 amide bonds. The summed E-state index contributed by atoms with van der Waals surface area (Å²) in [6.07, 6.45) is 5.30. The van der Waals surface area contributed by atoms with Crippen molar-refractivity contribution in [2.45, 2.75) is 38.5 Å².